The number of aromatic nitrogens is 1. The lowest BCUT2D eigenvalue weighted by Crippen LogP contribution is -2.08. The van der Waals surface area contributed by atoms with Crippen LogP contribution in [0.15, 0.2) is 10.6 Å². The summed E-state index contributed by atoms with van der Waals surface area (Å²) in [7, 11) is 0. The fourth-order valence-corrected chi connectivity index (χ4v) is 1.49. The molecule has 0 spiro atoms. The van der Waals surface area contributed by atoms with E-state index in [1.54, 1.807) is 0 Å². The van der Waals surface area contributed by atoms with Crippen LogP contribution in [0.2, 0.25) is 0 Å². The first-order chi connectivity index (χ1) is 5.40. The summed E-state index contributed by atoms with van der Waals surface area (Å²) in [4.78, 5) is 4.21. The molecule has 3 heteroatoms. The molecule has 0 radical (unpaired) electrons. The van der Waals surface area contributed by atoms with E-state index in [1.165, 1.54) is 19.3 Å². The predicted molar refractivity (Wildman–Crippen MR) is 45.7 cm³/mol. The van der Waals surface area contributed by atoms with Gasteiger partial charge in [0.1, 0.15) is 5.76 Å². The average molecular weight is 216 g/mol. The van der Waals surface area contributed by atoms with Crippen LogP contribution >= 0.6 is 15.9 Å². The molecule has 1 aliphatic carbocycles. The topological polar surface area (TPSA) is 26.0 Å². The molecule has 0 amide bonds. The van der Waals surface area contributed by atoms with E-state index in [1.807, 2.05) is 6.20 Å². The second-order valence-electron chi connectivity index (χ2n) is 2.93. The van der Waals surface area contributed by atoms with Crippen molar-refractivity contribution in [3.05, 3.63) is 17.8 Å². The largest absolute Gasteiger partial charge is 0.445 e. The first-order valence-corrected chi connectivity index (χ1v) is 5.03. The first-order valence-electron chi connectivity index (χ1n) is 3.90. The third-order valence-electron chi connectivity index (χ3n) is 2.16. The van der Waals surface area contributed by atoms with Crippen LogP contribution in [0.5, 0.6) is 0 Å². The number of rotatable bonds is 2. The van der Waals surface area contributed by atoms with Crippen molar-refractivity contribution in [1.82, 2.24) is 4.98 Å². The van der Waals surface area contributed by atoms with E-state index >= 15 is 0 Å². The highest BCUT2D eigenvalue weighted by molar-refractivity contribution is 9.08. The Hall–Kier alpha value is -0.310. The molecule has 11 heavy (non-hydrogen) atoms. The van der Waals surface area contributed by atoms with Gasteiger partial charge in [-0.3, -0.25) is 0 Å². The van der Waals surface area contributed by atoms with Crippen molar-refractivity contribution >= 4 is 15.9 Å². The highest BCUT2D eigenvalue weighted by atomic mass is 79.9. The number of hydrogen-bond acceptors (Lipinski definition) is 2. The Bertz CT molecular complexity index is 242. The van der Waals surface area contributed by atoms with E-state index in [4.69, 9.17) is 4.42 Å². The van der Waals surface area contributed by atoms with Crippen LogP contribution in [0.25, 0.3) is 0 Å². The molecule has 2 nitrogen and oxygen atoms in total. The smallest absolute Gasteiger partial charge is 0.197 e. The highest BCUT2D eigenvalue weighted by Crippen LogP contribution is 2.35. The second kappa shape index (κ2) is 2.97. The van der Waals surface area contributed by atoms with E-state index in [2.05, 4.69) is 20.9 Å². The SMILES string of the molecule is BrCc1cnc(C2CCC2)o1. The maximum atomic E-state index is 5.48. The molecule has 2 rings (SSSR count). The molecule has 1 saturated carbocycles. The molecule has 0 saturated heterocycles. The average Bonchev–Trinajstić information content (AvgIpc) is 2.32. The standard InChI is InChI=1S/C8H10BrNO/c9-4-7-5-10-8(11-7)6-2-1-3-6/h5-6H,1-4H2. The van der Waals surface area contributed by atoms with Gasteiger partial charge in [0.05, 0.1) is 11.5 Å². The lowest BCUT2D eigenvalue weighted by molar-refractivity contribution is 0.328. The van der Waals surface area contributed by atoms with Crippen molar-refractivity contribution in [2.75, 3.05) is 0 Å². The molecule has 0 bridgehead atoms. The molecule has 0 N–H and O–H groups in total. The minimum Gasteiger partial charge on any atom is -0.445 e. The maximum absolute atomic E-state index is 5.48. The molecule has 1 aromatic heterocycles. The first kappa shape index (κ1) is 7.35. The van der Waals surface area contributed by atoms with Gasteiger partial charge in [-0.25, -0.2) is 4.98 Å². The summed E-state index contributed by atoms with van der Waals surface area (Å²) < 4.78 is 5.48. The number of alkyl halides is 1. The summed E-state index contributed by atoms with van der Waals surface area (Å²) in [6, 6.07) is 0. The van der Waals surface area contributed by atoms with Gasteiger partial charge in [0.15, 0.2) is 5.89 Å². The third-order valence-corrected chi connectivity index (χ3v) is 2.71. The third kappa shape index (κ3) is 1.34. The highest BCUT2D eigenvalue weighted by Gasteiger charge is 2.23. The quantitative estimate of drug-likeness (QED) is 0.710. The van der Waals surface area contributed by atoms with Crippen LogP contribution in [0.3, 0.4) is 0 Å². The number of halogens is 1. The minimum atomic E-state index is 0.614. The van der Waals surface area contributed by atoms with Crippen LogP contribution in [-0.4, -0.2) is 4.98 Å². The zero-order valence-electron chi connectivity index (χ0n) is 6.22. The van der Waals surface area contributed by atoms with Crippen molar-refractivity contribution in [3.63, 3.8) is 0 Å². The molecule has 60 valence electrons. The summed E-state index contributed by atoms with van der Waals surface area (Å²) >= 11 is 3.33. The Balaban J connectivity index is 2.11. The van der Waals surface area contributed by atoms with Crippen molar-refractivity contribution in [1.29, 1.82) is 0 Å². The Morgan fingerprint density at radius 1 is 1.64 bits per heavy atom. The maximum Gasteiger partial charge on any atom is 0.197 e. The fourth-order valence-electron chi connectivity index (χ4n) is 1.23. The monoisotopic (exact) mass is 215 g/mol. The van der Waals surface area contributed by atoms with E-state index in [9.17, 15) is 0 Å². The van der Waals surface area contributed by atoms with Gasteiger partial charge in [0, 0.05) is 5.92 Å². The molecule has 1 aromatic rings. The van der Waals surface area contributed by atoms with Gasteiger partial charge in [0.2, 0.25) is 0 Å². The molecular formula is C8H10BrNO. The van der Waals surface area contributed by atoms with Gasteiger partial charge in [-0.2, -0.15) is 0 Å². The minimum absolute atomic E-state index is 0.614. The Morgan fingerprint density at radius 3 is 2.91 bits per heavy atom. The van der Waals surface area contributed by atoms with E-state index in [-0.39, 0.29) is 0 Å². The fraction of sp³-hybridized carbons (Fsp3) is 0.625. The van der Waals surface area contributed by atoms with Crippen molar-refractivity contribution in [2.45, 2.75) is 30.5 Å². The van der Waals surface area contributed by atoms with Crippen molar-refractivity contribution < 1.29 is 4.42 Å². The van der Waals surface area contributed by atoms with Crippen LogP contribution < -0.4 is 0 Å². The molecule has 0 aromatic carbocycles. The molecule has 1 fully saturated rings. The van der Waals surface area contributed by atoms with Gasteiger partial charge < -0.3 is 4.42 Å². The number of nitrogens with zero attached hydrogens (tertiary/aromatic N) is 1. The van der Waals surface area contributed by atoms with Crippen LogP contribution in [0.1, 0.15) is 36.8 Å². The lowest BCUT2D eigenvalue weighted by atomic mass is 9.85. The summed E-state index contributed by atoms with van der Waals surface area (Å²) in [5.41, 5.74) is 0. The van der Waals surface area contributed by atoms with Gasteiger partial charge >= 0.3 is 0 Å². The van der Waals surface area contributed by atoms with Gasteiger partial charge in [-0.15, -0.1) is 0 Å². The Labute approximate surface area is 74.1 Å². The van der Waals surface area contributed by atoms with Crippen molar-refractivity contribution in [3.8, 4) is 0 Å². The van der Waals surface area contributed by atoms with E-state index in [0.717, 1.165) is 17.0 Å². The molecular weight excluding hydrogens is 206 g/mol. The lowest BCUT2D eigenvalue weighted by Gasteiger charge is -2.21. The van der Waals surface area contributed by atoms with E-state index in [0.29, 0.717) is 5.92 Å². The van der Waals surface area contributed by atoms with Crippen LogP contribution in [0.4, 0.5) is 0 Å². The predicted octanol–water partition coefficient (Wildman–Crippen LogP) is 2.84. The molecule has 1 aliphatic rings. The molecule has 0 aliphatic heterocycles. The zero-order valence-corrected chi connectivity index (χ0v) is 7.80. The van der Waals surface area contributed by atoms with Crippen LogP contribution in [0, 0.1) is 0 Å². The molecule has 0 unspecified atom stereocenters. The van der Waals surface area contributed by atoms with Crippen molar-refractivity contribution in [2.24, 2.45) is 0 Å². The number of oxazole rings is 1. The Morgan fingerprint density at radius 2 is 2.45 bits per heavy atom. The normalized spacial score (nSPS) is 18.3. The summed E-state index contributed by atoms with van der Waals surface area (Å²) in [5, 5.41) is 0.771. The summed E-state index contributed by atoms with van der Waals surface area (Å²) in [6.07, 6.45) is 5.64. The molecule has 0 atom stereocenters. The second-order valence-corrected chi connectivity index (χ2v) is 3.49. The molecule has 1 heterocycles. The van der Waals surface area contributed by atoms with Gasteiger partial charge in [-0.05, 0) is 12.8 Å². The van der Waals surface area contributed by atoms with Crippen LogP contribution in [-0.2, 0) is 5.33 Å². The van der Waals surface area contributed by atoms with Gasteiger partial charge in [0.25, 0.3) is 0 Å². The summed E-state index contributed by atoms with van der Waals surface area (Å²) in [5.74, 6) is 2.49. The summed E-state index contributed by atoms with van der Waals surface area (Å²) in [6.45, 7) is 0. The van der Waals surface area contributed by atoms with Gasteiger partial charge in [-0.1, -0.05) is 22.4 Å². The zero-order chi connectivity index (χ0) is 7.68. The van der Waals surface area contributed by atoms with E-state index < -0.39 is 0 Å². The Kier molecular flexibility index (Phi) is 1.98. The number of hydrogen-bond donors (Lipinski definition) is 0.